The molecule has 3 rings (SSSR count). The molecule has 0 saturated carbocycles. The van der Waals surface area contributed by atoms with Crippen molar-refractivity contribution in [2.45, 2.75) is 13.0 Å². The predicted octanol–water partition coefficient (Wildman–Crippen LogP) is 3.08. The largest absolute Gasteiger partial charge is 0.495 e. The number of ether oxygens (including phenoxy) is 1. The highest BCUT2D eigenvalue weighted by molar-refractivity contribution is 5.68. The van der Waals surface area contributed by atoms with Crippen molar-refractivity contribution in [2.75, 3.05) is 24.4 Å². The highest BCUT2D eigenvalue weighted by atomic mass is 16.5. The number of nitrogens with one attached hydrogen (secondary N) is 2. The highest BCUT2D eigenvalue weighted by Crippen LogP contribution is 2.28. The smallest absolute Gasteiger partial charge is 0.225 e. The summed E-state index contributed by atoms with van der Waals surface area (Å²) >= 11 is 0. The first-order chi connectivity index (χ1) is 12.7. The van der Waals surface area contributed by atoms with Crippen LogP contribution in [0.25, 0.3) is 11.4 Å². The molecule has 0 spiro atoms. The molecule has 0 aliphatic carbocycles. The lowest BCUT2D eigenvalue weighted by molar-refractivity contribution is 0.281. The first kappa shape index (κ1) is 17.6. The zero-order valence-electron chi connectivity index (χ0n) is 14.7. The molecule has 3 N–H and O–H groups in total. The Morgan fingerprint density at radius 1 is 1.08 bits per heavy atom. The molecule has 0 radical (unpaired) electrons. The highest BCUT2D eigenvalue weighted by Gasteiger charge is 2.11. The Morgan fingerprint density at radius 2 is 1.88 bits per heavy atom. The number of para-hydroxylation sites is 2. The zero-order chi connectivity index (χ0) is 18.4. The van der Waals surface area contributed by atoms with Crippen LogP contribution >= 0.6 is 0 Å². The van der Waals surface area contributed by atoms with E-state index < -0.39 is 0 Å². The Balaban J connectivity index is 1.99. The van der Waals surface area contributed by atoms with Crippen LogP contribution < -0.4 is 15.4 Å². The maximum atomic E-state index is 9.29. The molecular formula is C19H21N5O2. The van der Waals surface area contributed by atoms with Crippen LogP contribution in [0.3, 0.4) is 0 Å². The number of methoxy groups -OCH3 is 1. The van der Waals surface area contributed by atoms with Gasteiger partial charge in [-0.3, -0.25) is 4.98 Å². The minimum Gasteiger partial charge on any atom is -0.495 e. The van der Waals surface area contributed by atoms with Crippen molar-refractivity contribution in [3.63, 3.8) is 0 Å². The summed E-state index contributed by atoms with van der Waals surface area (Å²) in [5.74, 6) is 1.72. The second kappa shape index (κ2) is 8.26. The lowest BCUT2D eigenvalue weighted by Crippen LogP contribution is -2.21. The molecule has 0 saturated heterocycles. The predicted molar refractivity (Wildman–Crippen MR) is 102 cm³/mol. The Hall–Kier alpha value is -3.19. The maximum absolute atomic E-state index is 9.29. The van der Waals surface area contributed by atoms with Gasteiger partial charge in [-0.2, -0.15) is 4.98 Å². The van der Waals surface area contributed by atoms with Gasteiger partial charge in [0, 0.05) is 18.3 Å². The van der Waals surface area contributed by atoms with E-state index in [1.807, 2.05) is 55.5 Å². The number of anilines is 3. The number of hydrogen-bond donors (Lipinski definition) is 3. The van der Waals surface area contributed by atoms with E-state index in [1.54, 1.807) is 13.3 Å². The van der Waals surface area contributed by atoms with Gasteiger partial charge in [-0.25, -0.2) is 4.98 Å². The molecule has 0 amide bonds. The number of benzene rings is 1. The van der Waals surface area contributed by atoms with E-state index in [-0.39, 0.29) is 12.6 Å². The Kier molecular flexibility index (Phi) is 5.60. The fourth-order valence-electron chi connectivity index (χ4n) is 2.37. The monoisotopic (exact) mass is 351 g/mol. The number of hydrogen-bond acceptors (Lipinski definition) is 7. The molecule has 134 valence electrons. The number of rotatable bonds is 7. The molecular weight excluding hydrogens is 330 g/mol. The van der Waals surface area contributed by atoms with Gasteiger partial charge in [0.25, 0.3) is 0 Å². The van der Waals surface area contributed by atoms with Crippen LogP contribution in [-0.4, -0.2) is 39.8 Å². The van der Waals surface area contributed by atoms with E-state index in [1.165, 1.54) is 0 Å². The first-order valence-corrected chi connectivity index (χ1v) is 8.27. The van der Waals surface area contributed by atoms with Gasteiger partial charge in [-0.05, 0) is 31.2 Å². The number of aliphatic hydroxyl groups is 1. The number of aliphatic hydroxyl groups excluding tert-OH is 1. The van der Waals surface area contributed by atoms with Gasteiger partial charge in [0.05, 0.1) is 30.8 Å². The standard InChI is InChI=1S/C19H21N5O2/c1-13(12-25)21-19-23-16(14-7-5-6-10-20-14)11-18(24-19)22-15-8-3-4-9-17(15)26-2/h3-11,13,25H,12H2,1-2H3,(H2,21,22,23,24)/t13-/m1/s1. The van der Waals surface area contributed by atoms with Gasteiger partial charge >= 0.3 is 0 Å². The average Bonchev–Trinajstić information content (AvgIpc) is 2.69. The molecule has 0 fully saturated rings. The van der Waals surface area contributed by atoms with Crippen molar-refractivity contribution in [1.29, 1.82) is 0 Å². The van der Waals surface area contributed by atoms with Gasteiger partial charge in [-0.1, -0.05) is 18.2 Å². The molecule has 2 heterocycles. The third-order valence-corrected chi connectivity index (χ3v) is 3.67. The van der Waals surface area contributed by atoms with Gasteiger partial charge in [0.15, 0.2) is 0 Å². The van der Waals surface area contributed by atoms with Crippen molar-refractivity contribution >= 4 is 17.5 Å². The number of aromatic nitrogens is 3. The summed E-state index contributed by atoms with van der Waals surface area (Å²) in [4.78, 5) is 13.3. The van der Waals surface area contributed by atoms with Gasteiger partial charge in [0.2, 0.25) is 5.95 Å². The third-order valence-electron chi connectivity index (χ3n) is 3.67. The summed E-state index contributed by atoms with van der Waals surface area (Å²) in [6.45, 7) is 1.83. The fraction of sp³-hybridized carbons (Fsp3) is 0.211. The molecule has 1 aromatic carbocycles. The summed E-state index contributed by atoms with van der Waals surface area (Å²) in [5, 5.41) is 15.6. The van der Waals surface area contributed by atoms with Crippen molar-refractivity contribution in [1.82, 2.24) is 15.0 Å². The second-order valence-corrected chi connectivity index (χ2v) is 5.73. The molecule has 0 unspecified atom stereocenters. The van der Waals surface area contributed by atoms with Gasteiger partial charge < -0.3 is 20.5 Å². The first-order valence-electron chi connectivity index (χ1n) is 8.27. The van der Waals surface area contributed by atoms with Crippen molar-refractivity contribution < 1.29 is 9.84 Å². The lowest BCUT2D eigenvalue weighted by Gasteiger charge is -2.15. The molecule has 26 heavy (non-hydrogen) atoms. The minimum absolute atomic E-state index is 0.0214. The van der Waals surface area contributed by atoms with E-state index in [0.717, 1.165) is 11.4 Å². The van der Waals surface area contributed by atoms with Crippen molar-refractivity contribution in [2.24, 2.45) is 0 Å². The van der Waals surface area contributed by atoms with E-state index in [0.29, 0.717) is 23.2 Å². The molecule has 0 bridgehead atoms. The normalized spacial score (nSPS) is 11.7. The number of nitrogens with zero attached hydrogens (tertiary/aromatic N) is 3. The zero-order valence-corrected chi connectivity index (χ0v) is 14.7. The topological polar surface area (TPSA) is 92.2 Å². The average molecular weight is 351 g/mol. The second-order valence-electron chi connectivity index (χ2n) is 5.73. The van der Waals surface area contributed by atoms with Crippen LogP contribution in [0.1, 0.15) is 6.92 Å². The van der Waals surface area contributed by atoms with Crippen LogP contribution in [0, 0.1) is 0 Å². The summed E-state index contributed by atoms with van der Waals surface area (Å²) in [6.07, 6.45) is 1.72. The quantitative estimate of drug-likeness (QED) is 0.602. The van der Waals surface area contributed by atoms with Crippen LogP contribution in [0.5, 0.6) is 5.75 Å². The molecule has 0 aliphatic heterocycles. The summed E-state index contributed by atoms with van der Waals surface area (Å²) < 4.78 is 5.38. The number of pyridine rings is 1. The van der Waals surface area contributed by atoms with Crippen molar-refractivity contribution in [3.05, 3.63) is 54.7 Å². The summed E-state index contributed by atoms with van der Waals surface area (Å²) in [6, 6.07) is 14.9. The van der Waals surface area contributed by atoms with E-state index >= 15 is 0 Å². The SMILES string of the molecule is COc1ccccc1Nc1cc(-c2ccccn2)nc(N[C@H](C)CO)n1. The molecule has 3 aromatic rings. The third kappa shape index (κ3) is 4.25. The minimum atomic E-state index is -0.173. The molecule has 2 aromatic heterocycles. The maximum Gasteiger partial charge on any atom is 0.225 e. The summed E-state index contributed by atoms with van der Waals surface area (Å²) in [7, 11) is 1.62. The Morgan fingerprint density at radius 3 is 2.62 bits per heavy atom. The molecule has 1 atom stereocenters. The lowest BCUT2D eigenvalue weighted by atomic mass is 10.2. The van der Waals surface area contributed by atoms with Crippen LogP contribution in [0.4, 0.5) is 17.5 Å². The van der Waals surface area contributed by atoms with Crippen LogP contribution in [-0.2, 0) is 0 Å². The van der Waals surface area contributed by atoms with E-state index in [4.69, 9.17) is 4.74 Å². The van der Waals surface area contributed by atoms with Crippen LogP contribution in [0.15, 0.2) is 54.7 Å². The van der Waals surface area contributed by atoms with E-state index in [2.05, 4.69) is 25.6 Å². The molecule has 7 nitrogen and oxygen atoms in total. The fourth-order valence-corrected chi connectivity index (χ4v) is 2.37. The Labute approximate surface area is 152 Å². The van der Waals surface area contributed by atoms with Crippen molar-refractivity contribution in [3.8, 4) is 17.1 Å². The van der Waals surface area contributed by atoms with E-state index in [9.17, 15) is 5.11 Å². The van der Waals surface area contributed by atoms with Gasteiger partial charge in [-0.15, -0.1) is 0 Å². The Bertz CT molecular complexity index is 858. The van der Waals surface area contributed by atoms with Gasteiger partial charge in [0.1, 0.15) is 11.6 Å². The van der Waals surface area contributed by atoms with Crippen LogP contribution in [0.2, 0.25) is 0 Å². The molecule has 0 aliphatic rings. The molecule has 7 heteroatoms. The summed E-state index contributed by atoms with van der Waals surface area (Å²) in [5.41, 5.74) is 2.20.